The van der Waals surface area contributed by atoms with Crippen LogP contribution < -0.4 is 16.2 Å². The summed E-state index contributed by atoms with van der Waals surface area (Å²) in [5.74, 6) is -2.37. The van der Waals surface area contributed by atoms with Gasteiger partial charge in [0.1, 0.15) is 22.9 Å². The van der Waals surface area contributed by atoms with E-state index < -0.39 is 17.5 Å². The molecule has 9 heteroatoms. The molecule has 3 aromatic rings. The zero-order chi connectivity index (χ0) is 22.2. The first-order valence-corrected chi connectivity index (χ1v) is 9.20. The molecule has 2 aliphatic heterocycles. The van der Waals surface area contributed by atoms with E-state index >= 15 is 0 Å². The molecule has 31 heavy (non-hydrogen) atoms. The molecule has 0 unspecified atom stereocenters. The van der Waals surface area contributed by atoms with Gasteiger partial charge in [-0.05, 0) is 42.8 Å². The molecule has 0 radical (unpaired) electrons. The SMILES string of the molecule is Cc1c(C(=O)O)ccc2c1C(=O)OC21c2ccc(O)c(N)c2Oc2c1ccc(O)c2N. The second-order valence-corrected chi connectivity index (χ2v) is 7.39. The molecule has 3 aromatic carbocycles. The van der Waals surface area contributed by atoms with Crippen LogP contribution in [-0.2, 0) is 10.3 Å². The maximum atomic E-state index is 13.0. The second kappa shape index (κ2) is 5.82. The van der Waals surface area contributed by atoms with E-state index in [4.69, 9.17) is 20.9 Å². The number of hydrogen-bond acceptors (Lipinski definition) is 8. The largest absolute Gasteiger partial charge is 0.506 e. The van der Waals surface area contributed by atoms with Crippen molar-refractivity contribution >= 4 is 23.3 Å². The van der Waals surface area contributed by atoms with E-state index in [1.807, 2.05) is 0 Å². The molecule has 0 saturated heterocycles. The Morgan fingerprint density at radius 2 is 1.42 bits per heavy atom. The molecule has 0 aromatic heterocycles. The fourth-order valence-corrected chi connectivity index (χ4v) is 4.34. The van der Waals surface area contributed by atoms with Gasteiger partial charge in [-0.25, -0.2) is 9.59 Å². The zero-order valence-corrected chi connectivity index (χ0v) is 16.1. The van der Waals surface area contributed by atoms with Gasteiger partial charge >= 0.3 is 11.9 Å². The summed E-state index contributed by atoms with van der Waals surface area (Å²) in [6.45, 7) is 1.53. The number of rotatable bonds is 1. The summed E-state index contributed by atoms with van der Waals surface area (Å²) in [5, 5.41) is 29.7. The Labute approximate surface area is 175 Å². The molecule has 0 saturated carbocycles. The van der Waals surface area contributed by atoms with E-state index in [0.29, 0.717) is 16.7 Å². The van der Waals surface area contributed by atoms with Crippen LogP contribution in [0.15, 0.2) is 36.4 Å². The number of nitrogen functional groups attached to an aromatic ring is 2. The number of carboxylic acid groups (broad SMARTS) is 1. The van der Waals surface area contributed by atoms with Gasteiger partial charge in [-0.1, -0.05) is 6.07 Å². The zero-order valence-electron chi connectivity index (χ0n) is 16.1. The minimum atomic E-state index is -1.57. The number of phenols is 2. The van der Waals surface area contributed by atoms with Gasteiger partial charge in [-0.2, -0.15) is 0 Å². The number of esters is 1. The molecular formula is C22H16N2O7. The van der Waals surface area contributed by atoms with E-state index in [1.54, 1.807) is 0 Å². The number of carbonyl (C=O) groups is 2. The number of aromatic hydroxyl groups is 2. The Balaban J connectivity index is 1.94. The molecule has 156 valence electrons. The van der Waals surface area contributed by atoms with Crippen molar-refractivity contribution in [3.05, 3.63) is 69.8 Å². The molecule has 9 nitrogen and oxygen atoms in total. The third-order valence-corrected chi connectivity index (χ3v) is 5.83. The van der Waals surface area contributed by atoms with Gasteiger partial charge in [0.2, 0.25) is 0 Å². The highest BCUT2D eigenvalue weighted by molar-refractivity contribution is 6.02. The summed E-state index contributed by atoms with van der Waals surface area (Å²) < 4.78 is 11.8. The van der Waals surface area contributed by atoms with E-state index in [2.05, 4.69) is 0 Å². The number of carbonyl (C=O) groups excluding carboxylic acids is 1. The summed E-state index contributed by atoms with van der Waals surface area (Å²) in [4.78, 5) is 24.6. The standard InChI is InChI=1S/C22H16N2O7/c1-8-9(20(27)28)2-3-10-15(8)21(29)31-22(10)11-4-6-13(25)16(23)18(11)30-19-12(22)5-7-14(26)17(19)24/h2-7,25-26H,23-24H2,1H3,(H,27,28). The summed E-state index contributed by atoms with van der Waals surface area (Å²) in [7, 11) is 0. The first-order chi connectivity index (χ1) is 14.7. The van der Waals surface area contributed by atoms with Gasteiger partial charge < -0.3 is 36.3 Å². The Hall–Kier alpha value is -4.40. The van der Waals surface area contributed by atoms with Crippen LogP contribution >= 0.6 is 0 Å². The maximum Gasteiger partial charge on any atom is 0.340 e. The number of fused-ring (bicyclic) bond motifs is 6. The van der Waals surface area contributed by atoms with Crippen molar-refractivity contribution in [2.24, 2.45) is 0 Å². The van der Waals surface area contributed by atoms with Crippen LogP contribution in [0, 0.1) is 6.92 Å². The Morgan fingerprint density at radius 1 is 0.903 bits per heavy atom. The number of aromatic carboxylic acids is 1. The van der Waals surface area contributed by atoms with E-state index in [-0.39, 0.29) is 51.1 Å². The number of nitrogens with two attached hydrogens (primary N) is 2. The fourth-order valence-electron chi connectivity index (χ4n) is 4.34. The van der Waals surface area contributed by atoms with Crippen LogP contribution in [-0.4, -0.2) is 27.3 Å². The van der Waals surface area contributed by atoms with Gasteiger partial charge in [0.25, 0.3) is 0 Å². The molecule has 0 fully saturated rings. The third kappa shape index (κ3) is 2.14. The molecule has 7 N–H and O–H groups in total. The van der Waals surface area contributed by atoms with Crippen molar-refractivity contribution in [2.75, 3.05) is 11.5 Å². The lowest BCUT2D eigenvalue weighted by atomic mass is 9.76. The van der Waals surface area contributed by atoms with Gasteiger partial charge in [0.15, 0.2) is 17.1 Å². The van der Waals surface area contributed by atoms with Crippen LogP contribution in [0.3, 0.4) is 0 Å². The number of carboxylic acids is 1. The van der Waals surface area contributed by atoms with Crippen molar-refractivity contribution in [3.63, 3.8) is 0 Å². The van der Waals surface area contributed by atoms with Crippen LogP contribution in [0.2, 0.25) is 0 Å². The highest BCUT2D eigenvalue weighted by atomic mass is 16.6. The van der Waals surface area contributed by atoms with Crippen LogP contribution in [0.5, 0.6) is 23.0 Å². The van der Waals surface area contributed by atoms with Gasteiger partial charge in [0, 0.05) is 5.56 Å². The van der Waals surface area contributed by atoms with Crippen molar-refractivity contribution in [2.45, 2.75) is 12.5 Å². The number of phenolic OH excluding ortho intramolecular Hbond substituents is 2. The maximum absolute atomic E-state index is 13.0. The van der Waals surface area contributed by atoms with Crippen molar-refractivity contribution in [3.8, 4) is 23.0 Å². The minimum Gasteiger partial charge on any atom is -0.506 e. The minimum absolute atomic E-state index is 0.0189. The lowest BCUT2D eigenvalue weighted by Gasteiger charge is -2.37. The normalized spacial score (nSPS) is 14.9. The Kier molecular flexibility index (Phi) is 3.49. The molecule has 2 heterocycles. The summed E-state index contributed by atoms with van der Waals surface area (Å²) in [5.41, 5.74) is 11.7. The van der Waals surface area contributed by atoms with Crippen molar-refractivity contribution in [1.29, 1.82) is 0 Å². The number of benzene rings is 3. The van der Waals surface area contributed by atoms with Crippen LogP contribution in [0.1, 0.15) is 43.0 Å². The molecule has 0 bridgehead atoms. The van der Waals surface area contributed by atoms with E-state index in [9.17, 15) is 24.9 Å². The molecule has 0 atom stereocenters. The summed E-state index contributed by atoms with van der Waals surface area (Å²) in [6, 6.07) is 8.60. The molecule has 5 rings (SSSR count). The monoisotopic (exact) mass is 420 g/mol. The average molecular weight is 420 g/mol. The molecule has 2 aliphatic rings. The van der Waals surface area contributed by atoms with Crippen LogP contribution in [0.4, 0.5) is 11.4 Å². The Morgan fingerprint density at radius 3 is 1.94 bits per heavy atom. The number of hydrogen-bond donors (Lipinski definition) is 5. The summed E-state index contributed by atoms with van der Waals surface area (Å²) >= 11 is 0. The smallest absolute Gasteiger partial charge is 0.340 e. The summed E-state index contributed by atoms with van der Waals surface area (Å²) in [6.07, 6.45) is 0. The predicted molar refractivity (Wildman–Crippen MR) is 109 cm³/mol. The predicted octanol–water partition coefficient (Wildman–Crippen LogP) is 2.84. The van der Waals surface area contributed by atoms with E-state index in [0.717, 1.165) is 0 Å². The number of ether oxygens (including phenoxy) is 2. The quantitative estimate of drug-likeness (QED) is 0.226. The fraction of sp³-hybridized carbons (Fsp3) is 0.0909. The average Bonchev–Trinajstić information content (AvgIpc) is 3.02. The van der Waals surface area contributed by atoms with Crippen molar-refractivity contribution < 1.29 is 34.4 Å². The lowest BCUT2D eigenvalue weighted by Crippen LogP contribution is -2.33. The van der Waals surface area contributed by atoms with Gasteiger partial charge in [-0.15, -0.1) is 0 Å². The van der Waals surface area contributed by atoms with Gasteiger partial charge in [-0.3, -0.25) is 0 Å². The molecular weight excluding hydrogens is 404 g/mol. The van der Waals surface area contributed by atoms with Crippen molar-refractivity contribution in [1.82, 2.24) is 0 Å². The molecule has 1 spiro atoms. The Bertz CT molecular complexity index is 1290. The third-order valence-electron chi connectivity index (χ3n) is 5.83. The molecule has 0 aliphatic carbocycles. The first-order valence-electron chi connectivity index (χ1n) is 9.20. The highest BCUT2D eigenvalue weighted by Gasteiger charge is 2.55. The van der Waals surface area contributed by atoms with E-state index in [1.165, 1.54) is 43.3 Å². The van der Waals surface area contributed by atoms with Crippen LogP contribution in [0.25, 0.3) is 0 Å². The lowest BCUT2D eigenvalue weighted by molar-refractivity contribution is 0.0224. The second-order valence-electron chi connectivity index (χ2n) is 7.39. The topological polar surface area (TPSA) is 165 Å². The first kappa shape index (κ1) is 18.6. The molecule has 0 amide bonds. The highest BCUT2D eigenvalue weighted by Crippen LogP contribution is 2.60. The number of anilines is 2. The van der Waals surface area contributed by atoms with Gasteiger partial charge in [0.05, 0.1) is 22.3 Å².